The Morgan fingerprint density at radius 2 is 1.56 bits per heavy atom. The second-order valence-electron chi connectivity index (χ2n) is 9.14. The van der Waals surface area contributed by atoms with Gasteiger partial charge in [0.15, 0.2) is 0 Å². The zero-order chi connectivity index (χ0) is 26.1. The first-order valence-electron chi connectivity index (χ1n) is 11.4. The molecule has 0 spiro atoms. The van der Waals surface area contributed by atoms with Crippen LogP contribution in [0.4, 0.5) is 23.7 Å². The van der Waals surface area contributed by atoms with Crippen molar-refractivity contribution < 1.29 is 22.8 Å². The molecule has 0 N–H and O–H groups in total. The molecule has 8 heteroatoms. The third kappa shape index (κ3) is 4.57. The zero-order valence-electron chi connectivity index (χ0n) is 19.8. The van der Waals surface area contributed by atoms with E-state index in [9.17, 15) is 22.8 Å². The van der Waals surface area contributed by atoms with E-state index >= 15 is 0 Å². The van der Waals surface area contributed by atoms with Crippen molar-refractivity contribution in [2.75, 3.05) is 4.90 Å². The summed E-state index contributed by atoms with van der Waals surface area (Å²) in [6.45, 7) is 3.19. The van der Waals surface area contributed by atoms with Gasteiger partial charge in [0.05, 0.1) is 28.9 Å². The fourth-order valence-electron chi connectivity index (χ4n) is 4.63. The zero-order valence-corrected chi connectivity index (χ0v) is 19.8. The maximum absolute atomic E-state index is 13.8. The molecule has 1 atom stereocenters. The standard InChI is InChI=1S/C28H24F3N3O2/c1-27(2)25(35)33(22-15-14-21(18-32)23(17-22)28(29,30)31)26(36)34(27)24(20-11-7-4-8-12-20)16-13-19-9-5-3-6-10-19/h3-12,14-15,17,24H,13,16H2,1-2H3. The van der Waals surface area contributed by atoms with Crippen LogP contribution in [0.2, 0.25) is 0 Å². The van der Waals surface area contributed by atoms with Crippen molar-refractivity contribution in [1.82, 2.24) is 4.90 Å². The van der Waals surface area contributed by atoms with Gasteiger partial charge in [-0.25, -0.2) is 9.69 Å². The number of alkyl halides is 3. The van der Waals surface area contributed by atoms with E-state index in [-0.39, 0.29) is 5.69 Å². The molecule has 0 saturated carbocycles. The van der Waals surface area contributed by atoms with Gasteiger partial charge in [-0.2, -0.15) is 18.4 Å². The predicted molar refractivity (Wildman–Crippen MR) is 129 cm³/mol. The van der Waals surface area contributed by atoms with Gasteiger partial charge in [-0.3, -0.25) is 4.79 Å². The van der Waals surface area contributed by atoms with Crippen molar-refractivity contribution >= 4 is 17.6 Å². The van der Waals surface area contributed by atoms with Gasteiger partial charge in [0.25, 0.3) is 5.91 Å². The highest BCUT2D eigenvalue weighted by molar-refractivity contribution is 6.23. The number of rotatable bonds is 6. The van der Waals surface area contributed by atoms with Crippen LogP contribution in [0.25, 0.3) is 0 Å². The quantitative estimate of drug-likeness (QED) is 0.370. The van der Waals surface area contributed by atoms with Crippen LogP contribution in [0.5, 0.6) is 0 Å². The van der Waals surface area contributed by atoms with Gasteiger partial charge in [0.1, 0.15) is 5.54 Å². The van der Waals surface area contributed by atoms with E-state index in [1.807, 2.05) is 60.7 Å². The second-order valence-corrected chi connectivity index (χ2v) is 9.14. The molecule has 1 aliphatic rings. The molecule has 3 aromatic carbocycles. The molecule has 1 fully saturated rings. The summed E-state index contributed by atoms with van der Waals surface area (Å²) in [4.78, 5) is 29.5. The molecule has 1 heterocycles. The molecule has 5 nitrogen and oxygen atoms in total. The largest absolute Gasteiger partial charge is 0.417 e. The molecule has 3 aromatic rings. The topological polar surface area (TPSA) is 64.4 Å². The maximum atomic E-state index is 13.8. The minimum absolute atomic E-state index is 0.221. The number of hydrogen-bond donors (Lipinski definition) is 0. The second kappa shape index (κ2) is 9.50. The number of aryl methyl sites for hydroxylation is 1. The lowest BCUT2D eigenvalue weighted by Gasteiger charge is -2.36. The molecule has 1 unspecified atom stereocenters. The molecule has 0 bridgehead atoms. The highest BCUT2D eigenvalue weighted by Gasteiger charge is 2.54. The van der Waals surface area contributed by atoms with Gasteiger partial charge in [0.2, 0.25) is 0 Å². The Balaban J connectivity index is 1.76. The van der Waals surface area contributed by atoms with Crippen molar-refractivity contribution in [1.29, 1.82) is 5.26 Å². The normalized spacial score (nSPS) is 16.2. The van der Waals surface area contributed by atoms with Crippen LogP contribution in [-0.4, -0.2) is 22.4 Å². The Hall–Kier alpha value is -4.12. The van der Waals surface area contributed by atoms with Crippen LogP contribution in [0.3, 0.4) is 0 Å². The molecule has 0 aliphatic carbocycles. The molecule has 0 aromatic heterocycles. The number of benzene rings is 3. The van der Waals surface area contributed by atoms with E-state index in [1.165, 1.54) is 17.0 Å². The highest BCUT2D eigenvalue weighted by atomic mass is 19.4. The van der Waals surface area contributed by atoms with E-state index < -0.39 is 40.8 Å². The summed E-state index contributed by atoms with van der Waals surface area (Å²) in [7, 11) is 0. The lowest BCUT2D eigenvalue weighted by atomic mass is 9.93. The fraction of sp³-hybridized carbons (Fsp3) is 0.250. The number of nitrogens with zero attached hydrogens (tertiary/aromatic N) is 3. The van der Waals surface area contributed by atoms with Gasteiger partial charge in [-0.15, -0.1) is 0 Å². The third-order valence-corrected chi connectivity index (χ3v) is 6.46. The Bertz CT molecular complexity index is 1320. The van der Waals surface area contributed by atoms with Gasteiger partial charge >= 0.3 is 12.2 Å². The SMILES string of the molecule is CC1(C)C(=O)N(c2ccc(C#N)c(C(F)(F)F)c2)C(=O)N1C(CCc1ccccc1)c1ccccc1. The van der Waals surface area contributed by atoms with Crippen molar-refractivity contribution in [3.05, 3.63) is 101 Å². The number of urea groups is 1. The Morgan fingerprint density at radius 3 is 2.14 bits per heavy atom. The van der Waals surface area contributed by atoms with Gasteiger partial charge in [0, 0.05) is 0 Å². The van der Waals surface area contributed by atoms with Gasteiger partial charge in [-0.05, 0) is 56.0 Å². The molecule has 0 radical (unpaired) electrons. The molecule has 1 aliphatic heterocycles. The summed E-state index contributed by atoms with van der Waals surface area (Å²) >= 11 is 0. The minimum Gasteiger partial charge on any atom is -0.303 e. The van der Waals surface area contributed by atoms with E-state index in [0.717, 1.165) is 22.1 Å². The molecular weight excluding hydrogens is 467 g/mol. The first-order chi connectivity index (χ1) is 17.1. The number of hydrogen-bond acceptors (Lipinski definition) is 3. The summed E-state index contributed by atoms with van der Waals surface area (Å²) < 4.78 is 40.8. The number of carbonyl (C=O) groups excluding carboxylic acids is 2. The summed E-state index contributed by atoms with van der Waals surface area (Å²) in [6, 6.07) is 22.2. The fourth-order valence-corrected chi connectivity index (χ4v) is 4.63. The monoisotopic (exact) mass is 491 g/mol. The molecule has 4 rings (SSSR count). The number of amides is 3. The number of halogens is 3. The van der Waals surface area contributed by atoms with Crippen LogP contribution < -0.4 is 4.90 Å². The number of carbonyl (C=O) groups is 2. The first kappa shape index (κ1) is 25.0. The van der Waals surface area contributed by atoms with Crippen molar-refractivity contribution in [2.45, 2.75) is 44.4 Å². The van der Waals surface area contributed by atoms with E-state index in [4.69, 9.17) is 5.26 Å². The van der Waals surface area contributed by atoms with Crippen LogP contribution in [0.15, 0.2) is 78.9 Å². The first-order valence-corrected chi connectivity index (χ1v) is 11.4. The summed E-state index contributed by atoms with van der Waals surface area (Å²) in [6.07, 6.45) is -3.68. The Kier molecular flexibility index (Phi) is 6.59. The molecule has 1 saturated heterocycles. The van der Waals surface area contributed by atoms with Crippen LogP contribution in [0.1, 0.15) is 48.6 Å². The van der Waals surface area contributed by atoms with E-state index in [1.54, 1.807) is 13.8 Å². The van der Waals surface area contributed by atoms with Crippen molar-refractivity contribution in [3.8, 4) is 6.07 Å². The number of imide groups is 1. The Labute approximate surface area is 207 Å². The summed E-state index contributed by atoms with van der Waals surface area (Å²) in [5, 5.41) is 9.11. The van der Waals surface area contributed by atoms with Crippen molar-refractivity contribution in [2.24, 2.45) is 0 Å². The predicted octanol–water partition coefficient (Wildman–Crippen LogP) is 6.50. The summed E-state index contributed by atoms with van der Waals surface area (Å²) in [5.74, 6) is -0.633. The third-order valence-electron chi connectivity index (χ3n) is 6.46. The highest BCUT2D eigenvalue weighted by Crippen LogP contribution is 2.42. The van der Waals surface area contributed by atoms with Crippen LogP contribution >= 0.6 is 0 Å². The molecule has 3 amide bonds. The number of nitriles is 1. The van der Waals surface area contributed by atoms with Crippen LogP contribution in [0, 0.1) is 11.3 Å². The lowest BCUT2D eigenvalue weighted by molar-refractivity contribution is -0.137. The Morgan fingerprint density at radius 1 is 0.944 bits per heavy atom. The minimum atomic E-state index is -4.82. The van der Waals surface area contributed by atoms with E-state index in [2.05, 4.69) is 0 Å². The smallest absolute Gasteiger partial charge is 0.303 e. The average molecular weight is 492 g/mol. The molecule has 36 heavy (non-hydrogen) atoms. The number of anilines is 1. The molecule has 184 valence electrons. The van der Waals surface area contributed by atoms with Crippen molar-refractivity contribution in [3.63, 3.8) is 0 Å². The summed E-state index contributed by atoms with van der Waals surface area (Å²) in [5.41, 5.74) is -1.43. The van der Waals surface area contributed by atoms with E-state index in [0.29, 0.717) is 18.9 Å². The van der Waals surface area contributed by atoms with Crippen LogP contribution in [-0.2, 0) is 17.4 Å². The van der Waals surface area contributed by atoms with Gasteiger partial charge in [-0.1, -0.05) is 60.7 Å². The average Bonchev–Trinajstić information content (AvgIpc) is 3.03. The maximum Gasteiger partial charge on any atom is 0.417 e. The lowest BCUT2D eigenvalue weighted by Crippen LogP contribution is -2.46. The van der Waals surface area contributed by atoms with Gasteiger partial charge < -0.3 is 4.90 Å². The molecular formula is C28H24F3N3O2.